The van der Waals surface area contributed by atoms with Gasteiger partial charge in [0.05, 0.1) is 17.8 Å². The predicted octanol–water partition coefficient (Wildman–Crippen LogP) is 1.81. The molecule has 0 aromatic carbocycles. The summed E-state index contributed by atoms with van der Waals surface area (Å²) in [4.78, 5) is 15.1. The molecule has 0 N–H and O–H groups in total. The predicted molar refractivity (Wildman–Crippen MR) is 53.3 cm³/mol. The number of pyridine rings is 1. The van der Waals surface area contributed by atoms with Crippen molar-refractivity contribution < 1.29 is 9.53 Å². The molecule has 0 atom stereocenters. The number of rotatable bonds is 1. The molecule has 0 aliphatic heterocycles. The fraction of sp³-hybridized carbons (Fsp3) is 0.200. The Balaban J connectivity index is 3.30. The average Bonchev–Trinajstić information content (AvgIpc) is 2.19. The summed E-state index contributed by atoms with van der Waals surface area (Å²) in [6.45, 7) is 1.71. The first kappa shape index (κ1) is 10.6. The molecule has 0 aliphatic rings. The first-order valence-electron chi connectivity index (χ1n) is 3.82. The van der Waals surface area contributed by atoms with E-state index in [2.05, 4.69) is 15.6 Å². The number of esters is 1. The van der Waals surface area contributed by atoms with Gasteiger partial charge in [-0.2, -0.15) is 0 Å². The highest BCUT2D eigenvalue weighted by Gasteiger charge is 2.14. The Kier molecular flexibility index (Phi) is 3.10. The number of aryl methyl sites for hydroxylation is 1. The molecule has 0 fully saturated rings. The van der Waals surface area contributed by atoms with Gasteiger partial charge in [-0.1, -0.05) is 17.5 Å². The smallest absolute Gasteiger partial charge is 0.358 e. The minimum atomic E-state index is -0.568. The Morgan fingerprint density at radius 1 is 1.71 bits per heavy atom. The number of halogens is 1. The van der Waals surface area contributed by atoms with Gasteiger partial charge in [0.1, 0.15) is 0 Å². The van der Waals surface area contributed by atoms with Crippen LogP contribution in [0.3, 0.4) is 0 Å². The molecule has 14 heavy (non-hydrogen) atoms. The number of ether oxygens (including phenoxy) is 1. The highest BCUT2D eigenvalue weighted by Crippen LogP contribution is 2.18. The second-order valence-electron chi connectivity index (χ2n) is 2.59. The molecule has 0 amide bonds. The van der Waals surface area contributed by atoms with Crippen LogP contribution in [0.4, 0.5) is 0 Å². The number of carbonyl (C=O) groups excluding carboxylic acids is 1. The van der Waals surface area contributed by atoms with Crippen LogP contribution in [0, 0.1) is 19.3 Å². The van der Waals surface area contributed by atoms with Gasteiger partial charge >= 0.3 is 5.97 Å². The molecule has 0 aliphatic carbocycles. The van der Waals surface area contributed by atoms with Crippen molar-refractivity contribution in [3.63, 3.8) is 0 Å². The first-order valence-corrected chi connectivity index (χ1v) is 4.20. The van der Waals surface area contributed by atoms with E-state index in [0.717, 1.165) is 0 Å². The maximum Gasteiger partial charge on any atom is 0.358 e. The van der Waals surface area contributed by atoms with Crippen LogP contribution in [0.15, 0.2) is 6.07 Å². The van der Waals surface area contributed by atoms with Crippen molar-refractivity contribution in [1.29, 1.82) is 0 Å². The lowest BCUT2D eigenvalue weighted by Gasteiger charge is -2.04. The van der Waals surface area contributed by atoms with E-state index >= 15 is 0 Å². The van der Waals surface area contributed by atoms with E-state index in [9.17, 15) is 4.79 Å². The molecule has 0 spiro atoms. The highest BCUT2D eigenvalue weighted by molar-refractivity contribution is 6.33. The molecule has 0 saturated heterocycles. The summed E-state index contributed by atoms with van der Waals surface area (Å²) < 4.78 is 4.51. The fourth-order valence-corrected chi connectivity index (χ4v) is 1.20. The normalized spacial score (nSPS) is 9.29. The van der Waals surface area contributed by atoms with Crippen LogP contribution >= 0.6 is 11.6 Å². The van der Waals surface area contributed by atoms with Crippen LogP contribution in [0.2, 0.25) is 5.02 Å². The van der Waals surface area contributed by atoms with Crippen molar-refractivity contribution in [3.8, 4) is 12.3 Å². The van der Waals surface area contributed by atoms with E-state index < -0.39 is 5.97 Å². The van der Waals surface area contributed by atoms with Gasteiger partial charge in [0.2, 0.25) is 0 Å². The van der Waals surface area contributed by atoms with E-state index in [1.54, 1.807) is 6.92 Å². The minimum Gasteiger partial charge on any atom is -0.464 e. The number of terminal acetylenes is 1. The van der Waals surface area contributed by atoms with Gasteiger partial charge in [0.15, 0.2) is 5.69 Å². The van der Waals surface area contributed by atoms with Gasteiger partial charge in [-0.15, -0.1) is 6.42 Å². The second kappa shape index (κ2) is 4.12. The summed E-state index contributed by atoms with van der Waals surface area (Å²) >= 11 is 5.79. The van der Waals surface area contributed by atoms with E-state index in [-0.39, 0.29) is 10.7 Å². The van der Waals surface area contributed by atoms with Crippen molar-refractivity contribution in [2.24, 2.45) is 0 Å². The summed E-state index contributed by atoms with van der Waals surface area (Å²) in [6.07, 6.45) is 5.21. The lowest BCUT2D eigenvalue weighted by molar-refractivity contribution is 0.0594. The molecule has 1 rings (SSSR count). The van der Waals surface area contributed by atoms with E-state index in [1.165, 1.54) is 13.2 Å². The van der Waals surface area contributed by atoms with Crippen molar-refractivity contribution in [2.45, 2.75) is 6.92 Å². The Hall–Kier alpha value is -1.53. The lowest BCUT2D eigenvalue weighted by Crippen LogP contribution is -2.07. The minimum absolute atomic E-state index is 0.0886. The summed E-state index contributed by atoms with van der Waals surface area (Å²) in [7, 11) is 1.27. The van der Waals surface area contributed by atoms with Gasteiger partial charge in [-0.05, 0) is 13.0 Å². The van der Waals surface area contributed by atoms with Gasteiger partial charge in [0.25, 0.3) is 0 Å². The van der Waals surface area contributed by atoms with Crippen LogP contribution in [0.25, 0.3) is 0 Å². The largest absolute Gasteiger partial charge is 0.464 e. The summed E-state index contributed by atoms with van der Waals surface area (Å²) in [5, 5.41) is 0.204. The number of hydrogen-bond acceptors (Lipinski definition) is 3. The Morgan fingerprint density at radius 3 is 2.86 bits per heavy atom. The standard InChI is InChI=1S/C10H8ClNO2/c1-4-7-5-8(11)9(10(13)14-3)12-6(7)2/h1,5H,2-3H3. The molecule has 3 nitrogen and oxygen atoms in total. The highest BCUT2D eigenvalue weighted by atomic mass is 35.5. The van der Waals surface area contributed by atoms with Gasteiger partial charge < -0.3 is 4.74 Å². The monoisotopic (exact) mass is 209 g/mol. The molecule has 1 aromatic rings. The number of nitrogens with zero attached hydrogens (tertiary/aromatic N) is 1. The topological polar surface area (TPSA) is 39.2 Å². The molecular formula is C10H8ClNO2. The fourth-order valence-electron chi connectivity index (χ4n) is 0.967. The van der Waals surface area contributed by atoms with Crippen LogP contribution in [0.5, 0.6) is 0 Å². The van der Waals surface area contributed by atoms with E-state index in [0.29, 0.717) is 11.3 Å². The van der Waals surface area contributed by atoms with Crippen LogP contribution in [-0.2, 0) is 4.74 Å². The van der Waals surface area contributed by atoms with Crippen molar-refractivity contribution in [3.05, 3.63) is 28.0 Å². The summed E-state index contributed by atoms with van der Waals surface area (Å²) in [5.41, 5.74) is 1.24. The molecule has 1 aromatic heterocycles. The Morgan fingerprint density at radius 2 is 2.36 bits per heavy atom. The zero-order valence-corrected chi connectivity index (χ0v) is 8.55. The van der Waals surface area contributed by atoms with Gasteiger partial charge in [0, 0.05) is 5.56 Å². The zero-order chi connectivity index (χ0) is 10.7. The summed E-state index contributed by atoms with van der Waals surface area (Å²) in [5.74, 6) is 1.85. The van der Waals surface area contributed by atoms with Gasteiger partial charge in [-0.3, -0.25) is 0 Å². The molecule has 0 radical (unpaired) electrons. The second-order valence-corrected chi connectivity index (χ2v) is 2.99. The third kappa shape index (κ3) is 1.86. The van der Waals surface area contributed by atoms with Gasteiger partial charge in [-0.25, -0.2) is 9.78 Å². The molecule has 1 heterocycles. The first-order chi connectivity index (χ1) is 6.60. The molecule has 4 heteroatoms. The Labute approximate surface area is 87.1 Å². The Bertz CT molecular complexity index is 421. The SMILES string of the molecule is C#Cc1cc(Cl)c(C(=O)OC)nc1C. The van der Waals surface area contributed by atoms with E-state index in [1.807, 2.05) is 0 Å². The maximum atomic E-state index is 11.2. The lowest BCUT2D eigenvalue weighted by atomic mass is 10.2. The number of aromatic nitrogens is 1. The molecule has 0 saturated carbocycles. The van der Waals surface area contributed by atoms with Crippen molar-refractivity contribution in [2.75, 3.05) is 7.11 Å². The quantitative estimate of drug-likeness (QED) is 0.523. The maximum absolute atomic E-state index is 11.2. The van der Waals surface area contributed by atoms with Crippen LogP contribution in [0.1, 0.15) is 21.7 Å². The molecule has 0 bridgehead atoms. The third-order valence-corrected chi connectivity index (χ3v) is 1.99. The summed E-state index contributed by atoms with van der Waals surface area (Å²) in [6, 6.07) is 1.52. The van der Waals surface area contributed by atoms with E-state index in [4.69, 9.17) is 18.0 Å². The molecule has 72 valence electrons. The average molecular weight is 210 g/mol. The number of methoxy groups -OCH3 is 1. The van der Waals surface area contributed by atoms with Crippen LogP contribution < -0.4 is 0 Å². The van der Waals surface area contributed by atoms with Crippen molar-refractivity contribution in [1.82, 2.24) is 4.98 Å². The van der Waals surface area contributed by atoms with Crippen molar-refractivity contribution >= 4 is 17.6 Å². The molecule has 0 unspecified atom stereocenters. The zero-order valence-electron chi connectivity index (χ0n) is 7.80. The van der Waals surface area contributed by atoms with Crippen LogP contribution in [-0.4, -0.2) is 18.1 Å². The third-order valence-electron chi connectivity index (χ3n) is 1.70. The number of carbonyl (C=O) groups is 1. The molecular weight excluding hydrogens is 202 g/mol. The number of hydrogen-bond donors (Lipinski definition) is 0.